The van der Waals surface area contributed by atoms with Crippen molar-refractivity contribution in [3.8, 4) is 50.6 Å². The molecule has 8 rings (SSSR count). The highest BCUT2D eigenvalue weighted by Gasteiger charge is 2.37. The van der Waals surface area contributed by atoms with Gasteiger partial charge in [-0.3, -0.25) is 0 Å². The molecule has 7 aromatic rings. The van der Waals surface area contributed by atoms with Gasteiger partial charge in [-0.05, 0) is 93.0 Å². The summed E-state index contributed by atoms with van der Waals surface area (Å²) in [6, 6.07) is 59.6. The zero-order valence-corrected chi connectivity index (χ0v) is 27.5. The fourth-order valence-electron chi connectivity index (χ4n) is 7.30. The number of hydrogen-bond donors (Lipinski definition) is 2. The second-order valence-electron chi connectivity index (χ2n) is 13.1. The molecule has 0 aliphatic heterocycles. The molecule has 3 nitrogen and oxygen atoms in total. The second-order valence-corrected chi connectivity index (χ2v) is 13.1. The molecule has 234 valence electrons. The number of nitriles is 1. The standard InChI is InChI=1S/C46H35N3/c1-46(2)41-21-10-9-19-37(41)38-20-12-22-44(45(38)46)49-43-26-24-35(29-40(43)33-16-7-4-8-17-33)34-23-25-42(39(28-34)32-14-5-3-6-15-32)48-36-18-11-13-31(27-36)30-47/h3-29,48-49H,1-2H3. The third kappa shape index (κ3) is 5.54. The molecular weight excluding hydrogens is 595 g/mol. The molecule has 0 heterocycles. The van der Waals surface area contributed by atoms with E-state index in [-0.39, 0.29) is 5.41 Å². The van der Waals surface area contributed by atoms with Gasteiger partial charge in [0.05, 0.1) is 11.6 Å². The van der Waals surface area contributed by atoms with Crippen LogP contribution in [0.2, 0.25) is 0 Å². The van der Waals surface area contributed by atoms with Crippen LogP contribution in [-0.4, -0.2) is 0 Å². The summed E-state index contributed by atoms with van der Waals surface area (Å²) < 4.78 is 0. The number of nitrogens with zero attached hydrogens (tertiary/aromatic N) is 1. The number of benzene rings is 7. The maximum absolute atomic E-state index is 9.45. The fourth-order valence-corrected chi connectivity index (χ4v) is 7.30. The molecule has 0 atom stereocenters. The summed E-state index contributed by atoms with van der Waals surface area (Å²) in [5, 5.41) is 16.9. The molecule has 0 amide bonds. The molecule has 1 aliphatic rings. The molecule has 0 saturated carbocycles. The molecule has 0 aromatic heterocycles. The molecule has 0 unspecified atom stereocenters. The van der Waals surface area contributed by atoms with Crippen LogP contribution in [0.3, 0.4) is 0 Å². The van der Waals surface area contributed by atoms with Gasteiger partial charge < -0.3 is 10.6 Å². The third-order valence-electron chi connectivity index (χ3n) is 9.66. The van der Waals surface area contributed by atoms with Gasteiger partial charge in [0.15, 0.2) is 0 Å². The van der Waals surface area contributed by atoms with Crippen molar-refractivity contribution in [2.45, 2.75) is 19.3 Å². The molecule has 7 aromatic carbocycles. The van der Waals surface area contributed by atoms with Crippen LogP contribution in [0.25, 0.3) is 44.5 Å². The first-order valence-electron chi connectivity index (χ1n) is 16.7. The van der Waals surface area contributed by atoms with Crippen molar-refractivity contribution in [2.75, 3.05) is 10.6 Å². The lowest BCUT2D eigenvalue weighted by Crippen LogP contribution is -2.16. The molecule has 0 bridgehead atoms. The predicted octanol–water partition coefficient (Wildman–Crippen LogP) is 12.4. The van der Waals surface area contributed by atoms with Crippen LogP contribution in [0.5, 0.6) is 0 Å². The summed E-state index contributed by atoms with van der Waals surface area (Å²) in [5.41, 5.74) is 16.6. The van der Waals surface area contributed by atoms with Crippen LogP contribution in [0, 0.1) is 11.3 Å². The smallest absolute Gasteiger partial charge is 0.0992 e. The van der Waals surface area contributed by atoms with Crippen LogP contribution < -0.4 is 10.6 Å². The van der Waals surface area contributed by atoms with Gasteiger partial charge >= 0.3 is 0 Å². The molecule has 0 saturated heterocycles. The van der Waals surface area contributed by atoms with Gasteiger partial charge in [-0.2, -0.15) is 5.26 Å². The lowest BCUT2D eigenvalue weighted by atomic mass is 9.81. The zero-order valence-electron chi connectivity index (χ0n) is 27.5. The Labute approximate surface area is 288 Å². The van der Waals surface area contributed by atoms with E-state index in [1.54, 1.807) is 0 Å². The highest BCUT2D eigenvalue weighted by molar-refractivity contribution is 5.92. The maximum atomic E-state index is 9.45. The molecule has 1 aliphatic carbocycles. The van der Waals surface area contributed by atoms with Crippen LogP contribution >= 0.6 is 0 Å². The average molecular weight is 630 g/mol. The minimum Gasteiger partial charge on any atom is -0.355 e. The summed E-state index contributed by atoms with van der Waals surface area (Å²) in [6.07, 6.45) is 0. The Morgan fingerprint density at radius 3 is 1.67 bits per heavy atom. The summed E-state index contributed by atoms with van der Waals surface area (Å²) in [4.78, 5) is 0. The first-order chi connectivity index (χ1) is 24.0. The molecule has 49 heavy (non-hydrogen) atoms. The van der Waals surface area contributed by atoms with Gasteiger partial charge in [-0.15, -0.1) is 0 Å². The van der Waals surface area contributed by atoms with E-state index in [4.69, 9.17) is 0 Å². The van der Waals surface area contributed by atoms with Crippen LogP contribution in [0.4, 0.5) is 22.7 Å². The lowest BCUT2D eigenvalue weighted by molar-refractivity contribution is 0.662. The van der Waals surface area contributed by atoms with Crippen LogP contribution in [0.15, 0.2) is 164 Å². The van der Waals surface area contributed by atoms with Gasteiger partial charge in [-0.25, -0.2) is 0 Å². The Hall–Kier alpha value is -6.37. The summed E-state index contributed by atoms with van der Waals surface area (Å²) in [5.74, 6) is 0. The largest absolute Gasteiger partial charge is 0.355 e. The highest BCUT2D eigenvalue weighted by Crippen LogP contribution is 2.52. The van der Waals surface area contributed by atoms with E-state index in [1.807, 2.05) is 30.3 Å². The van der Waals surface area contributed by atoms with Gasteiger partial charge in [0, 0.05) is 39.3 Å². The van der Waals surface area contributed by atoms with Crippen molar-refractivity contribution in [3.05, 3.63) is 180 Å². The fraction of sp³-hybridized carbons (Fsp3) is 0.0652. The molecule has 3 heteroatoms. The molecule has 2 N–H and O–H groups in total. The summed E-state index contributed by atoms with van der Waals surface area (Å²) in [7, 11) is 0. The van der Waals surface area contributed by atoms with Gasteiger partial charge in [0.2, 0.25) is 0 Å². The topological polar surface area (TPSA) is 47.8 Å². The quantitative estimate of drug-likeness (QED) is 0.184. The van der Waals surface area contributed by atoms with E-state index in [1.165, 1.54) is 22.3 Å². The Bertz CT molecular complexity index is 2370. The van der Waals surface area contributed by atoms with E-state index < -0.39 is 0 Å². The van der Waals surface area contributed by atoms with Gasteiger partial charge in [-0.1, -0.05) is 129 Å². The minimum absolute atomic E-state index is 0.123. The predicted molar refractivity (Wildman–Crippen MR) is 204 cm³/mol. The number of fused-ring (bicyclic) bond motifs is 3. The highest BCUT2D eigenvalue weighted by atomic mass is 14.9. The van der Waals surface area contributed by atoms with E-state index in [0.717, 1.165) is 56.1 Å². The van der Waals surface area contributed by atoms with Crippen molar-refractivity contribution in [1.29, 1.82) is 5.26 Å². The zero-order chi connectivity index (χ0) is 33.4. The van der Waals surface area contributed by atoms with Gasteiger partial charge in [0.25, 0.3) is 0 Å². The van der Waals surface area contributed by atoms with Crippen molar-refractivity contribution in [1.82, 2.24) is 0 Å². The number of hydrogen-bond acceptors (Lipinski definition) is 3. The van der Waals surface area contributed by atoms with Crippen molar-refractivity contribution in [3.63, 3.8) is 0 Å². The molecule has 0 fully saturated rings. The lowest BCUT2D eigenvalue weighted by Gasteiger charge is -2.25. The Balaban J connectivity index is 1.22. The molecular formula is C46H35N3. The number of rotatable bonds is 7. The van der Waals surface area contributed by atoms with Crippen molar-refractivity contribution < 1.29 is 0 Å². The second kappa shape index (κ2) is 12.3. The van der Waals surface area contributed by atoms with Gasteiger partial charge in [0.1, 0.15) is 0 Å². The molecule has 0 radical (unpaired) electrons. The monoisotopic (exact) mass is 629 g/mol. The SMILES string of the molecule is CC1(C)c2ccccc2-c2cccc(Nc3ccc(-c4ccc(Nc5cccc(C#N)c5)c(-c5ccccc5)c4)cc3-c3ccccc3)c21. The first-order valence-corrected chi connectivity index (χ1v) is 16.7. The van der Waals surface area contributed by atoms with E-state index >= 15 is 0 Å². The Morgan fingerprint density at radius 1 is 0.449 bits per heavy atom. The van der Waals surface area contributed by atoms with E-state index in [2.05, 4.69) is 164 Å². The molecule has 0 spiro atoms. The van der Waals surface area contributed by atoms with Crippen LogP contribution in [-0.2, 0) is 5.41 Å². The van der Waals surface area contributed by atoms with Crippen molar-refractivity contribution >= 4 is 22.7 Å². The van der Waals surface area contributed by atoms with Crippen LogP contribution in [0.1, 0.15) is 30.5 Å². The Morgan fingerprint density at radius 2 is 1.02 bits per heavy atom. The first kappa shape index (κ1) is 30.0. The summed E-state index contributed by atoms with van der Waals surface area (Å²) >= 11 is 0. The summed E-state index contributed by atoms with van der Waals surface area (Å²) in [6.45, 7) is 4.65. The van der Waals surface area contributed by atoms with E-state index in [9.17, 15) is 5.26 Å². The number of anilines is 4. The number of nitrogens with one attached hydrogen (secondary N) is 2. The van der Waals surface area contributed by atoms with Crippen molar-refractivity contribution in [2.24, 2.45) is 0 Å². The third-order valence-corrected chi connectivity index (χ3v) is 9.66. The van der Waals surface area contributed by atoms with E-state index in [0.29, 0.717) is 5.56 Å². The minimum atomic E-state index is -0.123. The normalized spacial score (nSPS) is 12.4. The Kier molecular flexibility index (Phi) is 7.55. The average Bonchev–Trinajstić information content (AvgIpc) is 3.39. The maximum Gasteiger partial charge on any atom is 0.0992 e.